The van der Waals surface area contributed by atoms with Gasteiger partial charge in [-0.1, -0.05) is 25.2 Å². The Bertz CT molecular complexity index is 505. The van der Waals surface area contributed by atoms with E-state index in [0.29, 0.717) is 12.2 Å². The maximum atomic E-state index is 12.3. The quantitative estimate of drug-likeness (QED) is 0.832. The number of piperidine rings is 1. The third-order valence-corrected chi connectivity index (χ3v) is 3.80. The highest BCUT2D eigenvalue weighted by atomic mass is 16.2. The largest absolute Gasteiger partial charge is 0.337 e. The summed E-state index contributed by atoms with van der Waals surface area (Å²) in [5.74, 6) is 6.46. The van der Waals surface area contributed by atoms with E-state index in [1.54, 1.807) is 12.3 Å². The number of nitrogens with zero attached hydrogens (tertiary/aromatic N) is 2. The highest BCUT2D eigenvalue weighted by molar-refractivity contribution is 5.92. The van der Waals surface area contributed by atoms with Gasteiger partial charge in [-0.05, 0) is 30.9 Å². The van der Waals surface area contributed by atoms with Gasteiger partial charge in [0.05, 0.1) is 6.54 Å². The van der Waals surface area contributed by atoms with Gasteiger partial charge in [-0.2, -0.15) is 0 Å². The number of likely N-dealkylation sites (tertiary alicyclic amines) is 1. The summed E-state index contributed by atoms with van der Waals surface area (Å²) in [6.45, 7) is 4.22. The molecule has 0 saturated carbocycles. The van der Waals surface area contributed by atoms with Crippen LogP contribution in [0.15, 0.2) is 18.3 Å². The predicted octanol–water partition coefficient (Wildman–Crippen LogP) is 1.65. The molecule has 0 spiro atoms. The first-order chi connectivity index (χ1) is 9.74. The summed E-state index contributed by atoms with van der Waals surface area (Å²) in [5, 5.41) is 0. The van der Waals surface area contributed by atoms with Crippen molar-refractivity contribution in [3.05, 3.63) is 29.6 Å². The fourth-order valence-corrected chi connectivity index (χ4v) is 2.45. The van der Waals surface area contributed by atoms with E-state index in [1.807, 2.05) is 11.0 Å². The summed E-state index contributed by atoms with van der Waals surface area (Å²) < 4.78 is 0. The average Bonchev–Trinajstić information content (AvgIpc) is 2.53. The van der Waals surface area contributed by atoms with Crippen molar-refractivity contribution in [1.29, 1.82) is 0 Å². The van der Waals surface area contributed by atoms with Crippen LogP contribution >= 0.6 is 0 Å². The van der Waals surface area contributed by atoms with Crippen LogP contribution in [0.4, 0.5) is 0 Å². The molecule has 4 heteroatoms. The van der Waals surface area contributed by atoms with E-state index in [0.717, 1.165) is 37.4 Å². The molecule has 1 aromatic rings. The number of rotatable bonds is 2. The van der Waals surface area contributed by atoms with E-state index < -0.39 is 0 Å². The Morgan fingerprint density at radius 1 is 1.45 bits per heavy atom. The van der Waals surface area contributed by atoms with Crippen LogP contribution in [0.25, 0.3) is 0 Å². The van der Waals surface area contributed by atoms with Crippen molar-refractivity contribution in [2.75, 3.05) is 19.6 Å². The number of carbonyl (C=O) groups is 1. The molecule has 0 aromatic carbocycles. The van der Waals surface area contributed by atoms with Crippen LogP contribution in [-0.2, 0) is 0 Å². The van der Waals surface area contributed by atoms with Gasteiger partial charge in [0.25, 0.3) is 5.91 Å². The number of hydrogen-bond donors (Lipinski definition) is 1. The molecule has 0 bridgehead atoms. The Morgan fingerprint density at radius 2 is 2.20 bits per heavy atom. The Kier molecular flexibility index (Phi) is 5.14. The minimum atomic E-state index is 0.0258. The molecule has 1 fully saturated rings. The van der Waals surface area contributed by atoms with Gasteiger partial charge in [0, 0.05) is 24.8 Å². The number of nitrogens with two attached hydrogens (primary N) is 1. The van der Waals surface area contributed by atoms with E-state index in [-0.39, 0.29) is 5.91 Å². The fourth-order valence-electron chi connectivity index (χ4n) is 2.45. The second-order valence-electron chi connectivity index (χ2n) is 5.08. The second kappa shape index (κ2) is 7.06. The Labute approximate surface area is 120 Å². The first-order valence-electron chi connectivity index (χ1n) is 7.19. The van der Waals surface area contributed by atoms with Crippen molar-refractivity contribution in [3.63, 3.8) is 0 Å². The Hall–Kier alpha value is -1.86. The average molecular weight is 271 g/mol. The number of amides is 1. The summed E-state index contributed by atoms with van der Waals surface area (Å²) in [4.78, 5) is 18.4. The molecule has 2 heterocycles. The standard InChI is InChI=1S/C16H21N3O/c1-2-13-7-10-19(11-8-13)16(20)15-6-5-14(12-18-15)4-3-9-17/h5-6,12-13H,2,7-11,17H2,1H3. The molecule has 1 amide bonds. The van der Waals surface area contributed by atoms with Crippen LogP contribution < -0.4 is 5.73 Å². The van der Waals surface area contributed by atoms with Crippen molar-refractivity contribution in [3.8, 4) is 11.8 Å². The van der Waals surface area contributed by atoms with Gasteiger partial charge in [-0.25, -0.2) is 4.98 Å². The van der Waals surface area contributed by atoms with Crippen molar-refractivity contribution in [2.45, 2.75) is 26.2 Å². The topological polar surface area (TPSA) is 59.2 Å². The van der Waals surface area contributed by atoms with Crippen molar-refractivity contribution < 1.29 is 4.79 Å². The summed E-state index contributed by atoms with van der Waals surface area (Å²) in [6, 6.07) is 3.57. The normalized spacial score (nSPS) is 15.6. The third kappa shape index (κ3) is 3.58. The zero-order valence-electron chi connectivity index (χ0n) is 11.9. The molecule has 2 rings (SSSR count). The lowest BCUT2D eigenvalue weighted by molar-refractivity contribution is 0.0683. The molecule has 1 aromatic heterocycles. The Morgan fingerprint density at radius 3 is 2.75 bits per heavy atom. The van der Waals surface area contributed by atoms with Crippen molar-refractivity contribution >= 4 is 5.91 Å². The molecule has 1 aliphatic heterocycles. The van der Waals surface area contributed by atoms with Crippen LogP contribution in [0.2, 0.25) is 0 Å². The number of hydrogen-bond acceptors (Lipinski definition) is 3. The van der Waals surface area contributed by atoms with Crippen LogP contribution in [0, 0.1) is 17.8 Å². The van der Waals surface area contributed by atoms with E-state index in [2.05, 4.69) is 23.7 Å². The number of carbonyl (C=O) groups excluding carboxylic acids is 1. The highest BCUT2D eigenvalue weighted by Gasteiger charge is 2.23. The highest BCUT2D eigenvalue weighted by Crippen LogP contribution is 2.20. The Balaban J connectivity index is 1.99. The van der Waals surface area contributed by atoms with E-state index >= 15 is 0 Å². The molecule has 0 unspecified atom stereocenters. The lowest BCUT2D eigenvalue weighted by atomic mass is 9.94. The van der Waals surface area contributed by atoms with Crippen LogP contribution in [0.3, 0.4) is 0 Å². The minimum Gasteiger partial charge on any atom is -0.337 e. The molecular formula is C16H21N3O. The molecule has 1 saturated heterocycles. The lowest BCUT2D eigenvalue weighted by Crippen LogP contribution is -2.38. The van der Waals surface area contributed by atoms with E-state index in [4.69, 9.17) is 5.73 Å². The lowest BCUT2D eigenvalue weighted by Gasteiger charge is -2.31. The van der Waals surface area contributed by atoms with Crippen molar-refractivity contribution in [1.82, 2.24) is 9.88 Å². The van der Waals surface area contributed by atoms with E-state index in [1.165, 1.54) is 6.42 Å². The first kappa shape index (κ1) is 14.5. The summed E-state index contributed by atoms with van der Waals surface area (Å²) >= 11 is 0. The maximum Gasteiger partial charge on any atom is 0.272 e. The van der Waals surface area contributed by atoms with Gasteiger partial charge in [0.15, 0.2) is 0 Å². The van der Waals surface area contributed by atoms with Crippen LogP contribution in [0.5, 0.6) is 0 Å². The van der Waals surface area contributed by atoms with Gasteiger partial charge >= 0.3 is 0 Å². The van der Waals surface area contributed by atoms with Crippen LogP contribution in [-0.4, -0.2) is 35.4 Å². The zero-order chi connectivity index (χ0) is 14.4. The summed E-state index contributed by atoms with van der Waals surface area (Å²) in [5.41, 5.74) is 6.61. The van der Waals surface area contributed by atoms with Crippen LogP contribution in [0.1, 0.15) is 42.2 Å². The molecule has 20 heavy (non-hydrogen) atoms. The van der Waals surface area contributed by atoms with Gasteiger partial charge in [-0.15, -0.1) is 0 Å². The molecule has 1 aliphatic rings. The van der Waals surface area contributed by atoms with Gasteiger partial charge in [0.2, 0.25) is 0 Å². The molecule has 4 nitrogen and oxygen atoms in total. The maximum absolute atomic E-state index is 12.3. The molecule has 2 N–H and O–H groups in total. The molecule has 0 radical (unpaired) electrons. The monoisotopic (exact) mass is 271 g/mol. The van der Waals surface area contributed by atoms with Crippen molar-refractivity contribution in [2.24, 2.45) is 11.7 Å². The molecule has 106 valence electrons. The SMILES string of the molecule is CCC1CCN(C(=O)c2ccc(C#CCN)cn2)CC1. The fraction of sp³-hybridized carbons (Fsp3) is 0.500. The van der Waals surface area contributed by atoms with Gasteiger partial charge < -0.3 is 10.6 Å². The molecular weight excluding hydrogens is 250 g/mol. The molecule has 0 aliphatic carbocycles. The molecule has 0 atom stereocenters. The number of pyridine rings is 1. The van der Waals surface area contributed by atoms with E-state index in [9.17, 15) is 4.79 Å². The summed E-state index contributed by atoms with van der Waals surface area (Å²) in [7, 11) is 0. The number of aromatic nitrogens is 1. The summed E-state index contributed by atoms with van der Waals surface area (Å²) in [6.07, 6.45) is 5.04. The van der Waals surface area contributed by atoms with Gasteiger partial charge in [-0.3, -0.25) is 4.79 Å². The first-order valence-corrected chi connectivity index (χ1v) is 7.19. The smallest absolute Gasteiger partial charge is 0.272 e. The predicted molar refractivity (Wildman–Crippen MR) is 79.1 cm³/mol. The second-order valence-corrected chi connectivity index (χ2v) is 5.08. The zero-order valence-corrected chi connectivity index (χ0v) is 11.9. The minimum absolute atomic E-state index is 0.0258. The third-order valence-electron chi connectivity index (χ3n) is 3.80. The van der Waals surface area contributed by atoms with Gasteiger partial charge in [0.1, 0.15) is 5.69 Å².